The van der Waals surface area contributed by atoms with Crippen molar-refractivity contribution in [3.63, 3.8) is 0 Å². The number of carbonyl (C=O) groups excluding carboxylic acids is 1. The summed E-state index contributed by atoms with van der Waals surface area (Å²) in [6, 6.07) is 2.19. The lowest BCUT2D eigenvalue weighted by Gasteiger charge is -2.22. The van der Waals surface area contributed by atoms with Crippen LogP contribution in [0.1, 0.15) is 54.1 Å². The predicted molar refractivity (Wildman–Crippen MR) is 89.4 cm³/mol. The molecule has 6 nitrogen and oxygen atoms in total. The van der Waals surface area contributed by atoms with Gasteiger partial charge in [0.15, 0.2) is 0 Å². The Bertz CT molecular complexity index is 710. The number of nitrogens with one attached hydrogen (secondary N) is 1. The van der Waals surface area contributed by atoms with Crippen LogP contribution in [0.15, 0.2) is 18.5 Å². The van der Waals surface area contributed by atoms with Crippen LogP contribution in [0.4, 0.5) is 0 Å². The van der Waals surface area contributed by atoms with E-state index in [-0.39, 0.29) is 12.5 Å². The molecule has 0 bridgehead atoms. The molecule has 2 aromatic heterocycles. The summed E-state index contributed by atoms with van der Waals surface area (Å²) in [4.78, 5) is 12.5. The van der Waals surface area contributed by atoms with E-state index in [2.05, 4.69) is 28.8 Å². The molecule has 0 aliphatic heterocycles. The Hall–Kier alpha value is -2.08. The zero-order valence-corrected chi connectivity index (χ0v) is 14.7. The maximum Gasteiger partial charge on any atom is 0.253 e. The van der Waals surface area contributed by atoms with E-state index in [1.165, 1.54) is 0 Å². The number of nitrogens with zero attached hydrogens (tertiary/aromatic N) is 3. The molecule has 2 heterocycles. The fourth-order valence-corrected chi connectivity index (χ4v) is 2.95. The van der Waals surface area contributed by atoms with Gasteiger partial charge in [-0.3, -0.25) is 9.48 Å². The number of rotatable bonds is 5. The highest BCUT2D eigenvalue weighted by molar-refractivity contribution is 5.95. The molecule has 0 aliphatic carbocycles. The van der Waals surface area contributed by atoms with Crippen molar-refractivity contribution in [3.05, 3.63) is 41.0 Å². The van der Waals surface area contributed by atoms with Crippen LogP contribution in [0.5, 0.6) is 0 Å². The quantitative estimate of drug-likeness (QED) is 0.886. The van der Waals surface area contributed by atoms with Gasteiger partial charge in [0.1, 0.15) is 5.60 Å². The summed E-state index contributed by atoms with van der Waals surface area (Å²) in [6.07, 6.45) is 3.35. The molecule has 1 unspecified atom stereocenters. The fraction of sp³-hybridized carbons (Fsp3) is 0.529. The maximum absolute atomic E-state index is 12.5. The SMILES string of the molecule is Cc1cc(C(=O)NCC(C)(O)c2cnn(C)c2)c(C)n1C(C)C. The minimum absolute atomic E-state index is 0.128. The second-order valence-electron chi connectivity index (χ2n) is 6.61. The van der Waals surface area contributed by atoms with Crippen molar-refractivity contribution < 1.29 is 9.90 Å². The first-order valence-electron chi connectivity index (χ1n) is 7.81. The van der Waals surface area contributed by atoms with Gasteiger partial charge < -0.3 is 15.0 Å². The molecule has 0 fully saturated rings. The highest BCUT2D eigenvalue weighted by Gasteiger charge is 2.26. The van der Waals surface area contributed by atoms with Crippen LogP contribution in [0, 0.1) is 13.8 Å². The molecule has 23 heavy (non-hydrogen) atoms. The summed E-state index contributed by atoms with van der Waals surface area (Å²) in [5, 5.41) is 17.4. The zero-order chi connectivity index (χ0) is 17.4. The molecule has 2 rings (SSSR count). The van der Waals surface area contributed by atoms with Gasteiger partial charge >= 0.3 is 0 Å². The number of aromatic nitrogens is 3. The van der Waals surface area contributed by atoms with Gasteiger partial charge in [0.25, 0.3) is 5.91 Å². The summed E-state index contributed by atoms with van der Waals surface area (Å²) < 4.78 is 3.76. The van der Waals surface area contributed by atoms with E-state index < -0.39 is 5.60 Å². The minimum Gasteiger partial charge on any atom is -0.383 e. The zero-order valence-electron chi connectivity index (χ0n) is 14.7. The third kappa shape index (κ3) is 3.47. The van der Waals surface area contributed by atoms with E-state index >= 15 is 0 Å². The molecular weight excluding hydrogens is 292 g/mol. The van der Waals surface area contributed by atoms with Gasteiger partial charge in [-0.15, -0.1) is 0 Å². The topological polar surface area (TPSA) is 72.1 Å². The number of hydrogen-bond donors (Lipinski definition) is 2. The van der Waals surface area contributed by atoms with Crippen molar-refractivity contribution in [2.24, 2.45) is 7.05 Å². The average Bonchev–Trinajstić information content (AvgIpc) is 3.00. The Morgan fingerprint density at radius 3 is 2.57 bits per heavy atom. The summed E-state index contributed by atoms with van der Waals surface area (Å²) in [7, 11) is 1.79. The van der Waals surface area contributed by atoms with E-state index in [1.807, 2.05) is 19.9 Å². The number of carbonyl (C=O) groups is 1. The fourth-order valence-electron chi connectivity index (χ4n) is 2.95. The predicted octanol–water partition coefficient (Wildman–Crippen LogP) is 2.06. The van der Waals surface area contributed by atoms with Crippen LogP contribution in [0.2, 0.25) is 0 Å². The number of amides is 1. The molecule has 2 N–H and O–H groups in total. The van der Waals surface area contributed by atoms with Gasteiger partial charge in [-0.05, 0) is 40.7 Å². The standard InChI is InChI=1S/C17H26N4O2/c1-11(2)21-12(3)7-15(13(21)4)16(22)18-10-17(5,23)14-8-19-20(6)9-14/h7-9,11,23H,10H2,1-6H3,(H,18,22). The van der Waals surface area contributed by atoms with E-state index in [9.17, 15) is 9.90 Å². The lowest BCUT2D eigenvalue weighted by molar-refractivity contribution is 0.0525. The van der Waals surface area contributed by atoms with Crippen LogP contribution >= 0.6 is 0 Å². The molecule has 0 aliphatic rings. The van der Waals surface area contributed by atoms with Crippen LogP contribution in [-0.4, -0.2) is 31.9 Å². The first-order valence-corrected chi connectivity index (χ1v) is 7.81. The number of aliphatic hydroxyl groups is 1. The van der Waals surface area contributed by atoms with Crippen molar-refractivity contribution in [2.45, 2.75) is 46.3 Å². The molecule has 1 amide bonds. The first-order chi connectivity index (χ1) is 10.6. The lowest BCUT2D eigenvalue weighted by Crippen LogP contribution is -2.38. The Labute approximate surface area is 137 Å². The van der Waals surface area contributed by atoms with E-state index in [4.69, 9.17) is 0 Å². The average molecular weight is 318 g/mol. The Kier molecular flexibility index (Phi) is 4.66. The highest BCUT2D eigenvalue weighted by atomic mass is 16.3. The molecule has 0 spiro atoms. The minimum atomic E-state index is -1.16. The van der Waals surface area contributed by atoms with Crippen LogP contribution in [0.25, 0.3) is 0 Å². The van der Waals surface area contributed by atoms with Crippen molar-refractivity contribution >= 4 is 5.91 Å². The number of hydrogen-bond acceptors (Lipinski definition) is 3. The normalized spacial score (nSPS) is 14.1. The third-order valence-electron chi connectivity index (χ3n) is 4.17. The monoisotopic (exact) mass is 318 g/mol. The number of aryl methyl sites for hydroxylation is 2. The third-order valence-corrected chi connectivity index (χ3v) is 4.17. The van der Waals surface area contributed by atoms with Gasteiger partial charge in [0.05, 0.1) is 18.3 Å². The Balaban J connectivity index is 2.13. The van der Waals surface area contributed by atoms with Crippen molar-refractivity contribution in [2.75, 3.05) is 6.54 Å². The van der Waals surface area contributed by atoms with Crippen LogP contribution in [0.3, 0.4) is 0 Å². The Morgan fingerprint density at radius 1 is 1.43 bits per heavy atom. The van der Waals surface area contributed by atoms with Crippen LogP contribution < -0.4 is 5.32 Å². The van der Waals surface area contributed by atoms with Gasteiger partial charge in [0.2, 0.25) is 0 Å². The van der Waals surface area contributed by atoms with Gasteiger partial charge in [-0.2, -0.15) is 5.10 Å². The molecule has 126 valence electrons. The van der Waals surface area contributed by atoms with Crippen molar-refractivity contribution in [1.29, 1.82) is 0 Å². The second kappa shape index (κ2) is 6.20. The summed E-state index contributed by atoms with van der Waals surface area (Å²) in [5.74, 6) is -0.172. The molecule has 0 saturated heterocycles. The molecule has 0 saturated carbocycles. The lowest BCUT2D eigenvalue weighted by atomic mass is 9.99. The molecule has 0 aromatic carbocycles. The van der Waals surface area contributed by atoms with Crippen LogP contribution in [-0.2, 0) is 12.6 Å². The van der Waals surface area contributed by atoms with E-state index in [0.717, 1.165) is 11.4 Å². The maximum atomic E-state index is 12.5. The summed E-state index contributed by atoms with van der Waals surface area (Å²) in [5.41, 5.74) is 2.16. The summed E-state index contributed by atoms with van der Waals surface area (Å²) >= 11 is 0. The van der Waals surface area contributed by atoms with E-state index in [1.54, 1.807) is 31.0 Å². The highest BCUT2D eigenvalue weighted by Crippen LogP contribution is 2.21. The molecular formula is C17H26N4O2. The van der Waals surface area contributed by atoms with Crippen molar-refractivity contribution in [1.82, 2.24) is 19.7 Å². The first kappa shape index (κ1) is 17.3. The summed E-state index contributed by atoms with van der Waals surface area (Å²) in [6.45, 7) is 9.92. The molecule has 6 heteroatoms. The second-order valence-corrected chi connectivity index (χ2v) is 6.61. The smallest absolute Gasteiger partial charge is 0.253 e. The Morgan fingerprint density at radius 2 is 2.09 bits per heavy atom. The molecule has 2 aromatic rings. The van der Waals surface area contributed by atoms with Gasteiger partial charge in [-0.1, -0.05) is 0 Å². The van der Waals surface area contributed by atoms with Gasteiger partial charge in [-0.25, -0.2) is 0 Å². The largest absolute Gasteiger partial charge is 0.383 e. The molecule has 0 radical (unpaired) electrons. The van der Waals surface area contributed by atoms with Crippen molar-refractivity contribution in [3.8, 4) is 0 Å². The van der Waals surface area contributed by atoms with Gasteiger partial charge in [0, 0.05) is 36.2 Å². The van der Waals surface area contributed by atoms with E-state index in [0.29, 0.717) is 17.2 Å². The molecule has 1 atom stereocenters.